The molecular formula is C14H23N3OS2. The van der Waals surface area contributed by atoms with Crippen LogP contribution < -0.4 is 5.32 Å². The molecule has 0 unspecified atom stereocenters. The second-order valence-corrected chi connectivity index (χ2v) is 7.08. The van der Waals surface area contributed by atoms with Crippen molar-refractivity contribution in [1.82, 2.24) is 15.2 Å². The quantitative estimate of drug-likeness (QED) is 0.822. The summed E-state index contributed by atoms with van der Waals surface area (Å²) >= 11 is 6.67. The van der Waals surface area contributed by atoms with Crippen molar-refractivity contribution >= 4 is 29.5 Å². The Balaban J connectivity index is 2.06. The fraction of sp³-hybridized carbons (Fsp3) is 0.714. The van der Waals surface area contributed by atoms with E-state index >= 15 is 0 Å². The smallest absolute Gasteiger partial charge is 0.228 e. The molecule has 6 heteroatoms. The molecule has 112 valence electrons. The van der Waals surface area contributed by atoms with Gasteiger partial charge in [-0.1, -0.05) is 6.92 Å². The predicted octanol–water partition coefficient (Wildman–Crippen LogP) is 2.65. The van der Waals surface area contributed by atoms with Crippen molar-refractivity contribution in [3.05, 3.63) is 14.5 Å². The normalized spacial score (nSPS) is 16.3. The van der Waals surface area contributed by atoms with Crippen LogP contribution in [0.3, 0.4) is 0 Å². The molecule has 1 aliphatic heterocycles. The van der Waals surface area contributed by atoms with Crippen LogP contribution in [0.5, 0.6) is 0 Å². The molecule has 0 saturated carbocycles. The Bertz CT molecular complexity index is 503. The van der Waals surface area contributed by atoms with Crippen LogP contribution >= 0.6 is 23.6 Å². The Labute approximate surface area is 129 Å². The molecule has 0 radical (unpaired) electrons. The Morgan fingerprint density at radius 3 is 2.70 bits per heavy atom. The van der Waals surface area contributed by atoms with Crippen LogP contribution in [0.4, 0.5) is 0 Å². The van der Waals surface area contributed by atoms with Gasteiger partial charge >= 0.3 is 0 Å². The van der Waals surface area contributed by atoms with Gasteiger partial charge in [0.1, 0.15) is 0 Å². The van der Waals surface area contributed by atoms with Crippen molar-refractivity contribution in [3.8, 4) is 0 Å². The number of piperidine rings is 1. The predicted molar refractivity (Wildman–Crippen MR) is 85.8 cm³/mol. The highest BCUT2D eigenvalue weighted by Gasteiger charge is 2.25. The fourth-order valence-corrected chi connectivity index (χ4v) is 4.00. The van der Waals surface area contributed by atoms with E-state index in [1.165, 1.54) is 11.3 Å². The summed E-state index contributed by atoms with van der Waals surface area (Å²) in [4.78, 5) is 18.9. The molecule has 4 nitrogen and oxygen atoms in total. The van der Waals surface area contributed by atoms with Gasteiger partial charge in [-0.3, -0.25) is 4.79 Å². The molecule has 1 aliphatic rings. The third-order valence-corrected chi connectivity index (χ3v) is 5.11. The van der Waals surface area contributed by atoms with Crippen molar-refractivity contribution in [2.45, 2.75) is 45.6 Å². The first-order chi connectivity index (χ1) is 9.61. The molecule has 2 N–H and O–H groups in total. The molecule has 2 rings (SSSR count). The van der Waals surface area contributed by atoms with Gasteiger partial charge < -0.3 is 15.2 Å². The topological polar surface area (TPSA) is 48.1 Å². The molecule has 0 aliphatic carbocycles. The van der Waals surface area contributed by atoms with E-state index in [-0.39, 0.29) is 5.91 Å². The number of rotatable bonds is 5. The number of hydrogen-bond acceptors (Lipinski definition) is 4. The number of thiazole rings is 1. The third-order valence-electron chi connectivity index (χ3n) is 3.77. The summed E-state index contributed by atoms with van der Waals surface area (Å²) in [5.41, 5.74) is 1.04. The minimum Gasteiger partial charge on any atom is -0.341 e. The van der Waals surface area contributed by atoms with Crippen LogP contribution in [-0.2, 0) is 11.2 Å². The van der Waals surface area contributed by atoms with Crippen LogP contribution in [0.15, 0.2) is 0 Å². The first-order valence-corrected chi connectivity index (χ1v) is 8.53. The van der Waals surface area contributed by atoms with E-state index in [9.17, 15) is 4.79 Å². The largest absolute Gasteiger partial charge is 0.341 e. The molecule has 2 heterocycles. The van der Waals surface area contributed by atoms with E-state index in [1.54, 1.807) is 0 Å². The van der Waals surface area contributed by atoms with Gasteiger partial charge in [0.15, 0.2) is 3.95 Å². The van der Waals surface area contributed by atoms with Crippen molar-refractivity contribution in [3.63, 3.8) is 0 Å². The monoisotopic (exact) mass is 313 g/mol. The highest BCUT2D eigenvalue weighted by Crippen LogP contribution is 2.19. The Morgan fingerprint density at radius 1 is 1.45 bits per heavy atom. The van der Waals surface area contributed by atoms with Crippen molar-refractivity contribution in [2.75, 3.05) is 19.6 Å². The molecule has 1 fully saturated rings. The number of nitrogens with one attached hydrogen (secondary N) is 2. The van der Waals surface area contributed by atoms with Gasteiger partial charge in [-0.25, -0.2) is 0 Å². The average Bonchev–Trinajstić information content (AvgIpc) is 2.75. The number of carbonyl (C=O) groups is 1. The molecule has 20 heavy (non-hydrogen) atoms. The van der Waals surface area contributed by atoms with Gasteiger partial charge in [-0.15, -0.1) is 11.3 Å². The summed E-state index contributed by atoms with van der Waals surface area (Å²) in [5.74, 6) is 0.243. The lowest BCUT2D eigenvalue weighted by Crippen LogP contribution is -2.47. The first-order valence-electron chi connectivity index (χ1n) is 7.30. The van der Waals surface area contributed by atoms with E-state index in [0.717, 1.165) is 53.4 Å². The van der Waals surface area contributed by atoms with Crippen LogP contribution in [0, 0.1) is 10.9 Å². The number of aryl methyl sites for hydroxylation is 1. The number of carbonyl (C=O) groups excluding carboxylic acids is 1. The summed E-state index contributed by atoms with van der Waals surface area (Å²) in [6, 6.07) is 0.399. The molecule has 0 bridgehead atoms. The lowest BCUT2D eigenvalue weighted by molar-refractivity contribution is -0.133. The van der Waals surface area contributed by atoms with E-state index in [4.69, 9.17) is 12.2 Å². The molecule has 0 aromatic carbocycles. The van der Waals surface area contributed by atoms with Gasteiger partial charge in [-0.05, 0) is 51.5 Å². The van der Waals surface area contributed by atoms with Crippen molar-refractivity contribution in [1.29, 1.82) is 0 Å². The van der Waals surface area contributed by atoms with Crippen molar-refractivity contribution < 1.29 is 4.79 Å². The molecule has 0 spiro atoms. The Kier molecular flexibility index (Phi) is 5.74. The molecular weight excluding hydrogens is 290 g/mol. The number of aromatic amines is 1. The number of aromatic nitrogens is 1. The summed E-state index contributed by atoms with van der Waals surface area (Å²) < 4.78 is 0.759. The fourth-order valence-electron chi connectivity index (χ4n) is 2.71. The molecule has 1 amide bonds. The first kappa shape index (κ1) is 15.7. The van der Waals surface area contributed by atoms with Crippen LogP contribution in [0.25, 0.3) is 0 Å². The highest BCUT2D eigenvalue weighted by atomic mass is 32.1. The maximum absolute atomic E-state index is 12.6. The zero-order chi connectivity index (χ0) is 14.5. The number of hydrogen-bond donors (Lipinski definition) is 2. The molecule has 0 atom stereocenters. The summed E-state index contributed by atoms with van der Waals surface area (Å²) in [5, 5.41) is 3.36. The van der Waals surface area contributed by atoms with Crippen LogP contribution in [0.1, 0.15) is 36.8 Å². The second-order valence-electron chi connectivity index (χ2n) is 5.31. The van der Waals surface area contributed by atoms with E-state index in [1.807, 2.05) is 6.92 Å². The average molecular weight is 313 g/mol. The Hall–Kier alpha value is -0.720. The maximum Gasteiger partial charge on any atom is 0.228 e. The maximum atomic E-state index is 12.6. The zero-order valence-corrected chi connectivity index (χ0v) is 13.8. The number of nitrogens with zero attached hydrogens (tertiary/aromatic N) is 1. The summed E-state index contributed by atoms with van der Waals surface area (Å²) in [6.45, 7) is 7.01. The minimum absolute atomic E-state index is 0.243. The lowest BCUT2D eigenvalue weighted by Gasteiger charge is -2.34. The summed E-state index contributed by atoms with van der Waals surface area (Å²) in [6.07, 6.45) is 3.62. The second kappa shape index (κ2) is 7.33. The van der Waals surface area contributed by atoms with Crippen LogP contribution in [-0.4, -0.2) is 41.5 Å². The van der Waals surface area contributed by atoms with E-state index in [2.05, 4.69) is 22.1 Å². The van der Waals surface area contributed by atoms with Crippen LogP contribution in [0.2, 0.25) is 0 Å². The van der Waals surface area contributed by atoms with Gasteiger partial charge in [0, 0.05) is 23.2 Å². The standard InChI is InChI=1S/C14H23N3OS2/c1-3-8-17(11-4-6-15-7-5-11)13(18)9-12-10(2)16-14(19)20-12/h11,15H,3-9H2,1-2H3,(H,16,19). The molecule has 1 aromatic rings. The number of H-pyrrole nitrogens is 1. The van der Waals surface area contributed by atoms with Crippen molar-refractivity contribution in [2.24, 2.45) is 0 Å². The minimum atomic E-state index is 0.243. The summed E-state index contributed by atoms with van der Waals surface area (Å²) in [7, 11) is 0. The Morgan fingerprint density at radius 2 is 2.15 bits per heavy atom. The molecule has 1 saturated heterocycles. The van der Waals surface area contributed by atoms with Gasteiger partial charge in [0.05, 0.1) is 6.42 Å². The third kappa shape index (κ3) is 3.90. The highest BCUT2D eigenvalue weighted by molar-refractivity contribution is 7.73. The number of amides is 1. The SMILES string of the molecule is CCCN(C(=O)Cc1sc(=S)[nH]c1C)C1CCNCC1. The van der Waals surface area contributed by atoms with E-state index < -0.39 is 0 Å². The lowest BCUT2D eigenvalue weighted by atomic mass is 10.0. The zero-order valence-electron chi connectivity index (χ0n) is 12.2. The van der Waals surface area contributed by atoms with E-state index in [0.29, 0.717) is 12.5 Å². The molecule has 1 aromatic heterocycles. The van der Waals surface area contributed by atoms with Gasteiger partial charge in [0.25, 0.3) is 0 Å². The van der Waals surface area contributed by atoms with Gasteiger partial charge in [0.2, 0.25) is 5.91 Å². The van der Waals surface area contributed by atoms with Gasteiger partial charge in [-0.2, -0.15) is 0 Å².